The van der Waals surface area contributed by atoms with E-state index in [9.17, 15) is 4.79 Å². The van der Waals surface area contributed by atoms with Gasteiger partial charge in [-0.05, 0) is 33.1 Å². The Bertz CT molecular complexity index is 264. The maximum Gasteiger partial charge on any atom is 0.237 e. The first-order chi connectivity index (χ1) is 9.10. The highest BCUT2D eigenvalue weighted by molar-refractivity contribution is 5.81. The molecule has 1 saturated carbocycles. The first-order valence-corrected chi connectivity index (χ1v) is 7.86. The van der Waals surface area contributed by atoms with Crippen LogP contribution in [0.1, 0.15) is 59.3 Å². The van der Waals surface area contributed by atoms with Gasteiger partial charge in [0, 0.05) is 25.2 Å². The van der Waals surface area contributed by atoms with E-state index in [1.165, 1.54) is 32.1 Å². The van der Waals surface area contributed by atoms with Crippen LogP contribution in [0, 0.1) is 0 Å². The molecule has 0 heterocycles. The van der Waals surface area contributed by atoms with Crippen molar-refractivity contribution in [2.75, 3.05) is 13.1 Å². The Morgan fingerprint density at radius 1 is 1.32 bits per heavy atom. The Morgan fingerprint density at radius 3 is 2.47 bits per heavy atom. The van der Waals surface area contributed by atoms with E-state index < -0.39 is 0 Å². The van der Waals surface area contributed by atoms with Crippen LogP contribution < -0.4 is 11.1 Å². The van der Waals surface area contributed by atoms with Crippen LogP contribution in [0.5, 0.6) is 0 Å². The average Bonchev–Trinajstić information content (AvgIpc) is 2.44. The molecule has 0 bridgehead atoms. The number of rotatable bonds is 7. The molecule has 4 heteroatoms. The van der Waals surface area contributed by atoms with Crippen molar-refractivity contribution in [3.05, 3.63) is 0 Å². The summed E-state index contributed by atoms with van der Waals surface area (Å²) in [5, 5.41) is 3.09. The summed E-state index contributed by atoms with van der Waals surface area (Å²) >= 11 is 0. The quantitative estimate of drug-likeness (QED) is 0.742. The van der Waals surface area contributed by atoms with Crippen LogP contribution in [0.15, 0.2) is 0 Å². The Kier molecular flexibility index (Phi) is 7.39. The maximum absolute atomic E-state index is 12.3. The number of hydrogen-bond acceptors (Lipinski definition) is 3. The fraction of sp³-hybridized carbons (Fsp3) is 0.933. The van der Waals surface area contributed by atoms with E-state index in [0.717, 1.165) is 13.0 Å². The molecule has 19 heavy (non-hydrogen) atoms. The van der Waals surface area contributed by atoms with Gasteiger partial charge in [0.05, 0.1) is 6.04 Å². The highest BCUT2D eigenvalue weighted by atomic mass is 16.2. The van der Waals surface area contributed by atoms with E-state index in [0.29, 0.717) is 12.6 Å². The molecule has 0 radical (unpaired) electrons. The number of carbonyl (C=O) groups excluding carboxylic acids is 1. The lowest BCUT2D eigenvalue weighted by Gasteiger charge is -2.38. The van der Waals surface area contributed by atoms with Gasteiger partial charge in [0.25, 0.3) is 0 Å². The van der Waals surface area contributed by atoms with E-state index in [1.807, 2.05) is 6.92 Å². The highest BCUT2D eigenvalue weighted by Crippen LogP contribution is 2.24. The van der Waals surface area contributed by atoms with Gasteiger partial charge in [-0.2, -0.15) is 0 Å². The van der Waals surface area contributed by atoms with E-state index in [-0.39, 0.29) is 18.0 Å². The van der Waals surface area contributed by atoms with Crippen LogP contribution in [0.4, 0.5) is 0 Å². The summed E-state index contributed by atoms with van der Waals surface area (Å²) in [4.78, 5) is 14.6. The number of nitrogens with two attached hydrogens (primary N) is 1. The van der Waals surface area contributed by atoms with Gasteiger partial charge in [-0.15, -0.1) is 0 Å². The van der Waals surface area contributed by atoms with Crippen LogP contribution in [0.2, 0.25) is 0 Å². The minimum absolute atomic E-state index is 0.0688. The minimum Gasteiger partial charge on any atom is -0.352 e. The molecule has 0 saturated heterocycles. The average molecular weight is 269 g/mol. The normalized spacial score (nSPS) is 20.3. The largest absolute Gasteiger partial charge is 0.352 e. The maximum atomic E-state index is 12.3. The van der Waals surface area contributed by atoms with Crippen molar-refractivity contribution in [1.29, 1.82) is 0 Å². The molecule has 0 aliphatic heterocycles. The lowest BCUT2D eigenvalue weighted by Crippen LogP contribution is -2.53. The smallest absolute Gasteiger partial charge is 0.237 e. The van der Waals surface area contributed by atoms with E-state index in [1.54, 1.807) is 0 Å². The molecule has 0 spiro atoms. The number of carbonyl (C=O) groups is 1. The van der Waals surface area contributed by atoms with Crippen LogP contribution in [0.3, 0.4) is 0 Å². The van der Waals surface area contributed by atoms with E-state index in [2.05, 4.69) is 24.1 Å². The summed E-state index contributed by atoms with van der Waals surface area (Å²) in [7, 11) is 0. The van der Waals surface area contributed by atoms with Gasteiger partial charge in [-0.25, -0.2) is 0 Å². The molecular weight excluding hydrogens is 238 g/mol. The fourth-order valence-electron chi connectivity index (χ4n) is 2.87. The molecule has 1 fully saturated rings. The predicted molar refractivity (Wildman–Crippen MR) is 80.0 cm³/mol. The van der Waals surface area contributed by atoms with Gasteiger partial charge >= 0.3 is 0 Å². The molecule has 1 amide bonds. The molecule has 112 valence electrons. The van der Waals surface area contributed by atoms with E-state index >= 15 is 0 Å². The van der Waals surface area contributed by atoms with Crippen molar-refractivity contribution in [2.45, 2.75) is 77.4 Å². The van der Waals surface area contributed by atoms with Gasteiger partial charge in [0.2, 0.25) is 5.91 Å². The number of hydrogen-bond donors (Lipinski definition) is 2. The van der Waals surface area contributed by atoms with Crippen LogP contribution >= 0.6 is 0 Å². The summed E-state index contributed by atoms with van der Waals surface area (Å²) in [5.74, 6) is 0.147. The number of nitrogens with one attached hydrogen (secondary N) is 1. The molecule has 0 aromatic carbocycles. The lowest BCUT2D eigenvalue weighted by atomic mass is 9.93. The molecule has 0 aromatic rings. The monoisotopic (exact) mass is 269 g/mol. The Morgan fingerprint density at radius 2 is 1.95 bits per heavy atom. The van der Waals surface area contributed by atoms with Gasteiger partial charge in [-0.3, -0.25) is 9.69 Å². The van der Waals surface area contributed by atoms with Gasteiger partial charge in [0.1, 0.15) is 0 Å². The lowest BCUT2D eigenvalue weighted by molar-refractivity contribution is -0.127. The summed E-state index contributed by atoms with van der Waals surface area (Å²) in [6.45, 7) is 7.60. The first kappa shape index (κ1) is 16.4. The second-order valence-electron chi connectivity index (χ2n) is 5.81. The molecule has 1 rings (SSSR count). The number of amides is 1. The molecule has 2 unspecified atom stereocenters. The Balaban J connectivity index is 2.60. The summed E-state index contributed by atoms with van der Waals surface area (Å²) in [5.41, 5.74) is 5.73. The van der Waals surface area contributed by atoms with Gasteiger partial charge in [-0.1, -0.05) is 26.2 Å². The van der Waals surface area contributed by atoms with Crippen LogP contribution in [-0.4, -0.2) is 42.0 Å². The highest BCUT2D eigenvalue weighted by Gasteiger charge is 2.28. The molecule has 2 atom stereocenters. The topological polar surface area (TPSA) is 58.4 Å². The van der Waals surface area contributed by atoms with Crippen molar-refractivity contribution in [2.24, 2.45) is 5.73 Å². The van der Waals surface area contributed by atoms with Crippen LogP contribution in [0.25, 0.3) is 0 Å². The van der Waals surface area contributed by atoms with Gasteiger partial charge in [0.15, 0.2) is 0 Å². The minimum atomic E-state index is -0.0688. The van der Waals surface area contributed by atoms with Crippen molar-refractivity contribution in [3.8, 4) is 0 Å². The Hall–Kier alpha value is -0.610. The second-order valence-corrected chi connectivity index (χ2v) is 5.81. The molecule has 1 aliphatic rings. The summed E-state index contributed by atoms with van der Waals surface area (Å²) in [6.07, 6.45) is 7.29. The third-order valence-corrected chi connectivity index (χ3v) is 4.31. The van der Waals surface area contributed by atoms with Crippen molar-refractivity contribution in [3.63, 3.8) is 0 Å². The third-order valence-electron chi connectivity index (χ3n) is 4.31. The molecule has 0 aromatic heterocycles. The molecule has 3 N–H and O–H groups in total. The molecule has 4 nitrogen and oxygen atoms in total. The summed E-state index contributed by atoms with van der Waals surface area (Å²) in [6, 6.07) is 0.719. The molecular formula is C15H31N3O. The Labute approximate surface area is 118 Å². The standard InChI is InChI=1S/C15H31N3O/c1-4-12(2)17-15(19)13(3)18(11-10-16)14-8-6-5-7-9-14/h12-14H,4-11,16H2,1-3H3,(H,17,19). The van der Waals surface area contributed by atoms with Crippen LogP contribution in [-0.2, 0) is 4.79 Å². The van der Waals surface area contributed by atoms with Crippen molar-refractivity contribution in [1.82, 2.24) is 10.2 Å². The van der Waals surface area contributed by atoms with Crippen molar-refractivity contribution >= 4 is 5.91 Å². The van der Waals surface area contributed by atoms with E-state index in [4.69, 9.17) is 5.73 Å². The number of nitrogens with zero attached hydrogens (tertiary/aromatic N) is 1. The third kappa shape index (κ3) is 5.11. The first-order valence-electron chi connectivity index (χ1n) is 7.86. The predicted octanol–water partition coefficient (Wildman–Crippen LogP) is 1.88. The molecule has 1 aliphatic carbocycles. The fourth-order valence-corrected chi connectivity index (χ4v) is 2.87. The summed E-state index contributed by atoms with van der Waals surface area (Å²) < 4.78 is 0. The zero-order valence-corrected chi connectivity index (χ0v) is 12.8. The zero-order chi connectivity index (χ0) is 14.3. The van der Waals surface area contributed by atoms with Crippen molar-refractivity contribution < 1.29 is 4.79 Å². The van der Waals surface area contributed by atoms with Gasteiger partial charge < -0.3 is 11.1 Å². The zero-order valence-electron chi connectivity index (χ0n) is 12.8. The SMILES string of the molecule is CCC(C)NC(=O)C(C)N(CCN)C1CCCCC1. The second kappa shape index (κ2) is 8.54.